The number of anilines is 1. The molecule has 2 rings (SSSR count). The lowest BCUT2D eigenvalue weighted by atomic mass is 10.0. The molecule has 2 aromatic carbocycles. The molecule has 1 atom stereocenters. The Morgan fingerprint density at radius 3 is 2.33 bits per heavy atom. The van der Waals surface area contributed by atoms with Crippen LogP contribution in [-0.2, 0) is 4.79 Å². The van der Waals surface area contributed by atoms with Gasteiger partial charge in [-0.25, -0.2) is 4.39 Å². The first-order chi connectivity index (χ1) is 12.9. The number of hydrogen-bond donors (Lipinski definition) is 2. The summed E-state index contributed by atoms with van der Waals surface area (Å²) in [7, 11) is 3.00. The average Bonchev–Trinajstić information content (AvgIpc) is 2.66. The minimum absolute atomic E-state index is 0.113. The zero-order valence-electron chi connectivity index (χ0n) is 15.7. The molecule has 0 radical (unpaired) electrons. The van der Waals surface area contributed by atoms with Crippen LogP contribution in [0.5, 0.6) is 11.5 Å². The van der Waals surface area contributed by atoms with Gasteiger partial charge in [0, 0.05) is 6.07 Å². The molecule has 0 saturated heterocycles. The van der Waals surface area contributed by atoms with Crippen molar-refractivity contribution in [3.05, 3.63) is 53.8 Å². The van der Waals surface area contributed by atoms with Gasteiger partial charge in [-0.3, -0.25) is 9.59 Å². The highest BCUT2D eigenvalue weighted by Crippen LogP contribution is 2.29. The number of methoxy groups -OCH3 is 2. The van der Waals surface area contributed by atoms with Crippen molar-refractivity contribution in [1.29, 1.82) is 0 Å². The van der Waals surface area contributed by atoms with Gasteiger partial charge >= 0.3 is 0 Å². The summed E-state index contributed by atoms with van der Waals surface area (Å²) in [6, 6.07) is 9.72. The third-order valence-electron chi connectivity index (χ3n) is 4.02. The number of rotatable bonds is 7. The van der Waals surface area contributed by atoms with Gasteiger partial charge in [0.1, 0.15) is 23.4 Å². The van der Waals surface area contributed by atoms with Crippen molar-refractivity contribution in [3.63, 3.8) is 0 Å². The van der Waals surface area contributed by atoms with Crippen LogP contribution in [0.4, 0.5) is 10.1 Å². The Morgan fingerprint density at radius 1 is 1.04 bits per heavy atom. The minimum Gasteiger partial charge on any atom is -0.497 e. The summed E-state index contributed by atoms with van der Waals surface area (Å²) in [6.45, 7) is 3.58. The van der Waals surface area contributed by atoms with Crippen molar-refractivity contribution in [2.75, 3.05) is 19.5 Å². The minimum atomic E-state index is -0.857. The van der Waals surface area contributed by atoms with Crippen molar-refractivity contribution in [2.24, 2.45) is 5.92 Å². The fourth-order valence-corrected chi connectivity index (χ4v) is 2.51. The van der Waals surface area contributed by atoms with Gasteiger partial charge in [0.2, 0.25) is 5.91 Å². The fraction of sp³-hybridized carbons (Fsp3) is 0.300. The molecule has 7 heteroatoms. The molecule has 0 aliphatic heterocycles. The van der Waals surface area contributed by atoms with Gasteiger partial charge in [-0.2, -0.15) is 0 Å². The molecule has 0 aliphatic carbocycles. The number of halogens is 1. The van der Waals surface area contributed by atoms with E-state index in [1.807, 2.05) is 0 Å². The van der Waals surface area contributed by atoms with Crippen molar-refractivity contribution in [3.8, 4) is 11.5 Å². The molecule has 0 spiro atoms. The highest BCUT2D eigenvalue weighted by atomic mass is 19.1. The van der Waals surface area contributed by atoms with E-state index < -0.39 is 23.7 Å². The summed E-state index contributed by atoms with van der Waals surface area (Å²) >= 11 is 0. The number of hydrogen-bond acceptors (Lipinski definition) is 4. The van der Waals surface area contributed by atoms with Crippen LogP contribution < -0.4 is 20.1 Å². The molecule has 0 unspecified atom stereocenters. The molecule has 2 aromatic rings. The maximum atomic E-state index is 13.8. The summed E-state index contributed by atoms with van der Waals surface area (Å²) in [5.74, 6) is -0.940. The summed E-state index contributed by atoms with van der Waals surface area (Å²) < 4.78 is 24.2. The van der Waals surface area contributed by atoms with Gasteiger partial charge in [-0.05, 0) is 30.2 Å². The van der Waals surface area contributed by atoms with Gasteiger partial charge in [-0.15, -0.1) is 0 Å². The number of carbonyl (C=O) groups is 2. The zero-order chi connectivity index (χ0) is 20.0. The first-order valence-corrected chi connectivity index (χ1v) is 8.45. The molecular formula is C20H23FN2O4. The summed E-state index contributed by atoms with van der Waals surface area (Å²) in [5.41, 5.74) is 0.326. The summed E-state index contributed by atoms with van der Waals surface area (Å²) in [4.78, 5) is 25.1. The average molecular weight is 374 g/mol. The molecular weight excluding hydrogens is 351 g/mol. The third-order valence-corrected chi connectivity index (χ3v) is 4.02. The van der Waals surface area contributed by atoms with Crippen LogP contribution in [0.2, 0.25) is 0 Å². The van der Waals surface area contributed by atoms with E-state index in [4.69, 9.17) is 9.47 Å². The van der Waals surface area contributed by atoms with E-state index in [1.165, 1.54) is 32.4 Å². The maximum Gasteiger partial charge on any atom is 0.254 e. The lowest BCUT2D eigenvalue weighted by molar-refractivity contribution is -0.118. The second-order valence-corrected chi connectivity index (χ2v) is 6.23. The van der Waals surface area contributed by atoms with E-state index in [0.29, 0.717) is 17.2 Å². The monoisotopic (exact) mass is 374 g/mol. The highest BCUT2D eigenvalue weighted by Gasteiger charge is 2.26. The molecule has 6 nitrogen and oxygen atoms in total. The Labute approximate surface area is 157 Å². The quantitative estimate of drug-likeness (QED) is 0.780. The van der Waals surface area contributed by atoms with Gasteiger partial charge in [-0.1, -0.05) is 26.0 Å². The van der Waals surface area contributed by atoms with Gasteiger partial charge in [0.25, 0.3) is 5.91 Å². The summed E-state index contributed by atoms with van der Waals surface area (Å²) in [6.07, 6.45) is 0. The molecule has 2 N–H and O–H groups in total. The smallest absolute Gasteiger partial charge is 0.254 e. The Hall–Kier alpha value is -3.09. The van der Waals surface area contributed by atoms with E-state index >= 15 is 0 Å². The van der Waals surface area contributed by atoms with E-state index in [-0.39, 0.29) is 11.5 Å². The number of carbonyl (C=O) groups excluding carboxylic acids is 2. The van der Waals surface area contributed by atoms with Crippen molar-refractivity contribution in [2.45, 2.75) is 19.9 Å². The number of ether oxygens (including phenoxy) is 2. The molecule has 2 amide bonds. The predicted molar refractivity (Wildman–Crippen MR) is 101 cm³/mol. The van der Waals surface area contributed by atoms with Crippen molar-refractivity contribution < 1.29 is 23.5 Å². The molecule has 144 valence electrons. The first kappa shape index (κ1) is 20.2. The second-order valence-electron chi connectivity index (χ2n) is 6.23. The maximum absolute atomic E-state index is 13.8. The Balaban J connectivity index is 2.18. The van der Waals surface area contributed by atoms with E-state index in [2.05, 4.69) is 10.6 Å². The van der Waals surface area contributed by atoms with Crippen molar-refractivity contribution >= 4 is 17.5 Å². The number of nitrogens with one attached hydrogen (secondary N) is 2. The van der Waals surface area contributed by atoms with Gasteiger partial charge < -0.3 is 20.1 Å². The number of benzene rings is 2. The lowest BCUT2D eigenvalue weighted by Gasteiger charge is -2.22. The number of amides is 2. The van der Waals surface area contributed by atoms with Crippen LogP contribution in [0.1, 0.15) is 24.2 Å². The van der Waals surface area contributed by atoms with Crippen LogP contribution in [0.15, 0.2) is 42.5 Å². The largest absolute Gasteiger partial charge is 0.497 e. The van der Waals surface area contributed by atoms with Crippen LogP contribution in [0, 0.1) is 11.7 Å². The Bertz CT molecular complexity index is 823. The topological polar surface area (TPSA) is 76.7 Å². The highest BCUT2D eigenvalue weighted by molar-refractivity contribution is 6.02. The van der Waals surface area contributed by atoms with Gasteiger partial charge in [0.15, 0.2) is 0 Å². The van der Waals surface area contributed by atoms with Gasteiger partial charge in [0.05, 0.1) is 25.5 Å². The Kier molecular flexibility index (Phi) is 6.76. The Morgan fingerprint density at radius 2 is 1.74 bits per heavy atom. The van der Waals surface area contributed by atoms with Crippen LogP contribution in [-0.4, -0.2) is 32.1 Å². The molecule has 0 fully saturated rings. The first-order valence-electron chi connectivity index (χ1n) is 8.45. The lowest BCUT2D eigenvalue weighted by Crippen LogP contribution is -2.47. The molecule has 0 aromatic heterocycles. The molecule has 0 heterocycles. The summed E-state index contributed by atoms with van der Waals surface area (Å²) in [5, 5.41) is 5.33. The normalized spacial score (nSPS) is 11.6. The van der Waals surface area contributed by atoms with Crippen LogP contribution in [0.3, 0.4) is 0 Å². The molecule has 0 bridgehead atoms. The van der Waals surface area contributed by atoms with E-state index in [9.17, 15) is 14.0 Å². The predicted octanol–water partition coefficient (Wildman–Crippen LogP) is 3.24. The van der Waals surface area contributed by atoms with Crippen LogP contribution in [0.25, 0.3) is 0 Å². The molecule has 27 heavy (non-hydrogen) atoms. The van der Waals surface area contributed by atoms with E-state index in [0.717, 1.165) is 0 Å². The zero-order valence-corrected chi connectivity index (χ0v) is 15.7. The molecule has 0 aliphatic rings. The SMILES string of the molecule is COc1ccc(NC(=O)[C@@H](NC(=O)c2ccccc2F)C(C)C)c(OC)c1. The standard InChI is InChI=1S/C20H23FN2O4/c1-12(2)18(23-19(24)14-7-5-6-8-15(14)21)20(25)22-16-10-9-13(26-3)11-17(16)27-4/h5-12,18H,1-4H3,(H,22,25)(H,23,24)/t18-/m0/s1. The van der Waals surface area contributed by atoms with E-state index in [1.54, 1.807) is 38.1 Å². The third kappa shape index (κ3) is 4.97. The second kappa shape index (κ2) is 9.02. The fourth-order valence-electron chi connectivity index (χ4n) is 2.51. The van der Waals surface area contributed by atoms with Crippen molar-refractivity contribution in [1.82, 2.24) is 5.32 Å². The molecule has 0 saturated carbocycles. The van der Waals surface area contributed by atoms with Crippen LogP contribution >= 0.6 is 0 Å².